The summed E-state index contributed by atoms with van der Waals surface area (Å²) in [7, 11) is 0. The van der Waals surface area contributed by atoms with Gasteiger partial charge in [0.25, 0.3) is 0 Å². The van der Waals surface area contributed by atoms with E-state index in [-0.39, 0.29) is 17.9 Å². The van der Waals surface area contributed by atoms with Crippen LogP contribution in [0.25, 0.3) is 0 Å². The van der Waals surface area contributed by atoms with Gasteiger partial charge < -0.3 is 49.6 Å². The molecule has 1 fully saturated rings. The Hall–Kier alpha value is -2.51. The first kappa shape index (κ1) is 23.6. The number of aliphatic hydroxyl groups excluding tert-OH is 5. The van der Waals surface area contributed by atoms with Gasteiger partial charge in [-0.3, -0.25) is 0 Å². The Kier molecular flexibility index (Phi) is 7.00. The van der Waals surface area contributed by atoms with Gasteiger partial charge in [-0.2, -0.15) is 0 Å². The molecule has 0 saturated carbocycles. The lowest BCUT2D eigenvalue weighted by molar-refractivity contribution is -0.339. The highest BCUT2D eigenvalue weighted by Crippen LogP contribution is 2.41. The molecule has 2 heterocycles. The van der Waals surface area contributed by atoms with Crippen molar-refractivity contribution in [2.45, 2.75) is 43.1 Å². The molecule has 0 bridgehead atoms. The molecule has 1 aromatic rings. The molecule has 6 N–H and O–H groups in total. The summed E-state index contributed by atoms with van der Waals surface area (Å²) in [5.74, 6) is -1.69. The van der Waals surface area contributed by atoms with E-state index in [1.807, 2.05) is 0 Å². The SMILES string of the molecule is O=C(OCC1=C[C@@H](O)[C@@H]2C=CO[C@@H](O[C@@H]3OC(CO)[C@@H](O)C(O)C3O)[C@H]12)c1ccc(O)cc1. The molecule has 0 spiro atoms. The van der Waals surface area contributed by atoms with Crippen LogP contribution in [0.3, 0.4) is 0 Å². The predicted molar refractivity (Wildman–Crippen MR) is 108 cm³/mol. The molecule has 0 aromatic heterocycles. The van der Waals surface area contributed by atoms with Crippen LogP contribution in [0.2, 0.25) is 0 Å². The van der Waals surface area contributed by atoms with Crippen LogP contribution >= 0.6 is 0 Å². The zero-order valence-electron chi connectivity index (χ0n) is 17.4. The van der Waals surface area contributed by atoms with E-state index in [9.17, 15) is 35.4 Å². The smallest absolute Gasteiger partial charge is 0.338 e. The minimum atomic E-state index is -1.62. The van der Waals surface area contributed by atoms with Crippen LogP contribution in [0.4, 0.5) is 0 Å². The summed E-state index contributed by atoms with van der Waals surface area (Å²) in [5.41, 5.74) is 0.746. The first-order valence-corrected chi connectivity index (χ1v) is 10.4. The van der Waals surface area contributed by atoms with E-state index in [2.05, 4.69) is 0 Å². The van der Waals surface area contributed by atoms with E-state index >= 15 is 0 Å². The van der Waals surface area contributed by atoms with Crippen molar-refractivity contribution < 1.29 is 54.4 Å². The van der Waals surface area contributed by atoms with Crippen LogP contribution in [-0.2, 0) is 18.9 Å². The van der Waals surface area contributed by atoms with Crippen molar-refractivity contribution in [2.24, 2.45) is 11.8 Å². The highest BCUT2D eigenvalue weighted by Gasteiger charge is 2.49. The minimum Gasteiger partial charge on any atom is -0.508 e. The van der Waals surface area contributed by atoms with Gasteiger partial charge in [0, 0.05) is 5.92 Å². The molecule has 0 amide bonds. The van der Waals surface area contributed by atoms with Crippen LogP contribution in [-0.4, -0.2) is 92.9 Å². The molecule has 33 heavy (non-hydrogen) atoms. The maximum absolute atomic E-state index is 12.3. The lowest BCUT2D eigenvalue weighted by Crippen LogP contribution is -2.60. The number of hydrogen-bond acceptors (Lipinski definition) is 11. The zero-order valence-corrected chi connectivity index (χ0v) is 17.4. The summed E-state index contributed by atoms with van der Waals surface area (Å²) in [6.07, 6.45) is -4.86. The number of carbonyl (C=O) groups is 1. The van der Waals surface area contributed by atoms with E-state index < -0.39 is 67.5 Å². The number of phenolic OH excluding ortho intramolecular Hbond substituents is 1. The molecule has 4 rings (SSSR count). The van der Waals surface area contributed by atoms with E-state index in [0.717, 1.165) is 0 Å². The Morgan fingerprint density at radius 2 is 1.73 bits per heavy atom. The Bertz CT molecular complexity index is 896. The van der Waals surface area contributed by atoms with Crippen molar-refractivity contribution in [2.75, 3.05) is 13.2 Å². The van der Waals surface area contributed by atoms with Crippen molar-refractivity contribution in [1.82, 2.24) is 0 Å². The largest absolute Gasteiger partial charge is 0.508 e. The van der Waals surface area contributed by atoms with Gasteiger partial charge in [0.15, 0.2) is 6.29 Å². The number of benzene rings is 1. The first-order valence-electron chi connectivity index (χ1n) is 10.4. The summed E-state index contributed by atoms with van der Waals surface area (Å²) >= 11 is 0. The molecule has 2 aliphatic heterocycles. The van der Waals surface area contributed by atoms with Gasteiger partial charge in [0.1, 0.15) is 36.8 Å². The average Bonchev–Trinajstić information content (AvgIpc) is 3.14. The molecule has 1 aliphatic carbocycles. The number of phenols is 1. The summed E-state index contributed by atoms with van der Waals surface area (Å²) in [5, 5.41) is 59.4. The fourth-order valence-corrected chi connectivity index (χ4v) is 4.19. The number of aliphatic hydroxyl groups is 5. The average molecular weight is 466 g/mol. The second-order valence-corrected chi connectivity index (χ2v) is 8.12. The predicted octanol–water partition coefficient (Wildman–Crippen LogP) is -1.23. The van der Waals surface area contributed by atoms with Crippen LogP contribution in [0.5, 0.6) is 5.75 Å². The zero-order chi connectivity index (χ0) is 23.7. The van der Waals surface area contributed by atoms with E-state index in [4.69, 9.17) is 18.9 Å². The third kappa shape index (κ3) is 4.75. The third-order valence-corrected chi connectivity index (χ3v) is 6.02. The van der Waals surface area contributed by atoms with E-state index in [1.54, 1.807) is 6.08 Å². The maximum atomic E-state index is 12.3. The standard InChI is InChI=1S/C22H26O11/c23-8-15-17(26)18(27)19(28)22(32-15)33-21-16-11(7-14(25)13(16)5-6-30-21)9-31-20(29)10-1-3-12(24)4-2-10/h1-7,13-19,21-28H,8-9H2/t13-,14+,15?,16+,17+,18?,19?,21-,22-/m0/s1. The van der Waals surface area contributed by atoms with Gasteiger partial charge in [0.05, 0.1) is 30.5 Å². The molecule has 1 saturated heterocycles. The summed E-state index contributed by atoms with van der Waals surface area (Å²) < 4.78 is 22.0. The highest BCUT2D eigenvalue weighted by atomic mass is 16.8. The second-order valence-electron chi connectivity index (χ2n) is 8.12. The summed E-state index contributed by atoms with van der Waals surface area (Å²) in [4.78, 5) is 12.3. The molecule has 3 aliphatic rings. The maximum Gasteiger partial charge on any atom is 0.338 e. The number of rotatable bonds is 6. The van der Waals surface area contributed by atoms with E-state index in [1.165, 1.54) is 36.6 Å². The first-order chi connectivity index (χ1) is 15.8. The fraction of sp³-hybridized carbons (Fsp3) is 0.500. The highest BCUT2D eigenvalue weighted by molar-refractivity contribution is 5.89. The van der Waals surface area contributed by atoms with Gasteiger partial charge >= 0.3 is 5.97 Å². The van der Waals surface area contributed by atoms with E-state index in [0.29, 0.717) is 5.57 Å². The van der Waals surface area contributed by atoms with Gasteiger partial charge in [0.2, 0.25) is 6.29 Å². The van der Waals surface area contributed by atoms with Gasteiger partial charge in [-0.1, -0.05) is 6.08 Å². The number of fused-ring (bicyclic) bond motifs is 1. The minimum absolute atomic E-state index is 0.00957. The van der Waals surface area contributed by atoms with Gasteiger partial charge in [-0.25, -0.2) is 4.79 Å². The topological polar surface area (TPSA) is 175 Å². The molecular formula is C22H26O11. The van der Waals surface area contributed by atoms with Crippen LogP contribution in [0.15, 0.2) is 48.3 Å². The lowest BCUT2D eigenvalue weighted by Gasteiger charge is -2.42. The monoisotopic (exact) mass is 466 g/mol. The lowest BCUT2D eigenvalue weighted by atomic mass is 9.88. The quantitative estimate of drug-likeness (QED) is 0.219. The van der Waals surface area contributed by atoms with Gasteiger partial charge in [-0.05, 0) is 35.9 Å². The molecule has 11 heteroatoms. The molecule has 11 nitrogen and oxygen atoms in total. The van der Waals surface area contributed by atoms with Crippen LogP contribution < -0.4 is 0 Å². The Balaban J connectivity index is 1.45. The normalized spacial score (nSPS) is 37.7. The van der Waals surface area contributed by atoms with Crippen molar-refractivity contribution in [1.29, 1.82) is 0 Å². The third-order valence-electron chi connectivity index (χ3n) is 6.02. The number of esters is 1. The van der Waals surface area contributed by atoms with Crippen molar-refractivity contribution in [3.05, 3.63) is 53.8 Å². The molecule has 180 valence electrons. The Labute approximate surface area is 188 Å². The summed E-state index contributed by atoms with van der Waals surface area (Å²) in [6, 6.07) is 5.54. The number of ether oxygens (including phenoxy) is 4. The molecule has 3 unspecified atom stereocenters. The molecule has 9 atom stereocenters. The summed E-state index contributed by atoms with van der Waals surface area (Å²) in [6.45, 7) is -0.789. The fourth-order valence-electron chi connectivity index (χ4n) is 4.19. The van der Waals surface area contributed by atoms with Crippen LogP contribution in [0, 0.1) is 11.8 Å². The van der Waals surface area contributed by atoms with Crippen molar-refractivity contribution >= 4 is 5.97 Å². The Morgan fingerprint density at radius 3 is 2.42 bits per heavy atom. The van der Waals surface area contributed by atoms with Gasteiger partial charge in [-0.15, -0.1) is 0 Å². The van der Waals surface area contributed by atoms with Crippen molar-refractivity contribution in [3.8, 4) is 5.75 Å². The number of carbonyl (C=O) groups excluding carboxylic acids is 1. The molecule has 1 aromatic carbocycles. The Morgan fingerprint density at radius 1 is 1.00 bits per heavy atom. The number of hydrogen-bond donors (Lipinski definition) is 6. The van der Waals surface area contributed by atoms with Crippen molar-refractivity contribution in [3.63, 3.8) is 0 Å². The van der Waals surface area contributed by atoms with Crippen LogP contribution in [0.1, 0.15) is 10.4 Å². The molecular weight excluding hydrogens is 440 g/mol. The molecule has 0 radical (unpaired) electrons. The number of aromatic hydroxyl groups is 1. The second kappa shape index (κ2) is 9.77.